The number of benzene rings is 2. The Morgan fingerprint density at radius 2 is 1.95 bits per heavy atom. The summed E-state index contributed by atoms with van der Waals surface area (Å²) in [7, 11) is 1.66. The first-order valence-electron chi connectivity index (χ1n) is 6.46. The summed E-state index contributed by atoms with van der Waals surface area (Å²) in [5.41, 5.74) is 1.78. The Morgan fingerprint density at radius 1 is 1.20 bits per heavy atom. The van der Waals surface area contributed by atoms with Gasteiger partial charge in [-0.1, -0.05) is 35.9 Å². The smallest absolute Gasteiger partial charge is 0.123 e. The van der Waals surface area contributed by atoms with E-state index >= 15 is 0 Å². The second kappa shape index (κ2) is 6.64. The first-order chi connectivity index (χ1) is 9.63. The molecule has 0 aliphatic heterocycles. The molecule has 2 rings (SSSR count). The molecule has 0 bridgehead atoms. The Bertz CT molecular complexity index is 566. The summed E-state index contributed by atoms with van der Waals surface area (Å²) in [6.07, 6.45) is 0. The van der Waals surface area contributed by atoms with Crippen molar-refractivity contribution in [2.45, 2.75) is 19.5 Å². The number of para-hydroxylation sites is 1. The number of phenolic OH excluding ortho intramolecular Hbond substituents is 1. The molecule has 0 amide bonds. The van der Waals surface area contributed by atoms with Crippen LogP contribution in [0.1, 0.15) is 24.1 Å². The topological polar surface area (TPSA) is 41.5 Å². The number of hydrogen-bond donors (Lipinski definition) is 2. The minimum absolute atomic E-state index is 0.0850. The molecule has 2 N–H and O–H groups in total. The molecular weight excluding hydrogens is 274 g/mol. The predicted molar refractivity (Wildman–Crippen MR) is 81.4 cm³/mol. The maximum Gasteiger partial charge on any atom is 0.123 e. The van der Waals surface area contributed by atoms with E-state index in [4.69, 9.17) is 16.3 Å². The van der Waals surface area contributed by atoms with E-state index in [1.807, 2.05) is 31.2 Å². The summed E-state index contributed by atoms with van der Waals surface area (Å²) in [4.78, 5) is 0. The van der Waals surface area contributed by atoms with E-state index in [2.05, 4.69) is 5.32 Å². The summed E-state index contributed by atoms with van der Waals surface area (Å²) in [5, 5.41) is 13.7. The molecule has 0 heterocycles. The van der Waals surface area contributed by atoms with Gasteiger partial charge in [-0.2, -0.15) is 0 Å². The van der Waals surface area contributed by atoms with Crippen LogP contribution in [0.5, 0.6) is 11.5 Å². The van der Waals surface area contributed by atoms with E-state index in [0.29, 0.717) is 17.1 Å². The van der Waals surface area contributed by atoms with Crippen molar-refractivity contribution in [2.75, 3.05) is 7.11 Å². The molecule has 0 saturated carbocycles. The van der Waals surface area contributed by atoms with E-state index in [1.165, 1.54) is 0 Å². The van der Waals surface area contributed by atoms with Gasteiger partial charge in [0, 0.05) is 28.7 Å². The molecule has 1 atom stereocenters. The van der Waals surface area contributed by atoms with Crippen LogP contribution in [-0.2, 0) is 6.54 Å². The molecule has 2 aromatic rings. The highest BCUT2D eigenvalue weighted by Gasteiger charge is 2.12. The van der Waals surface area contributed by atoms with Gasteiger partial charge in [0.05, 0.1) is 7.11 Å². The van der Waals surface area contributed by atoms with Crippen LogP contribution in [0.3, 0.4) is 0 Å². The highest BCUT2D eigenvalue weighted by Crippen LogP contribution is 2.28. The van der Waals surface area contributed by atoms with Crippen molar-refractivity contribution in [1.29, 1.82) is 0 Å². The molecule has 0 radical (unpaired) electrons. The quantitative estimate of drug-likeness (QED) is 0.878. The maximum absolute atomic E-state index is 9.83. The number of halogens is 1. The Morgan fingerprint density at radius 3 is 2.65 bits per heavy atom. The third-order valence-corrected chi connectivity index (χ3v) is 3.64. The fraction of sp³-hybridized carbons (Fsp3) is 0.250. The van der Waals surface area contributed by atoms with E-state index in [0.717, 1.165) is 11.3 Å². The second-order valence-corrected chi connectivity index (χ2v) is 4.99. The summed E-state index contributed by atoms with van der Waals surface area (Å²) in [5.74, 6) is 1.05. The Labute approximate surface area is 124 Å². The van der Waals surface area contributed by atoms with Crippen molar-refractivity contribution in [2.24, 2.45) is 0 Å². The van der Waals surface area contributed by atoms with Gasteiger partial charge in [0.25, 0.3) is 0 Å². The molecule has 106 valence electrons. The monoisotopic (exact) mass is 291 g/mol. The second-order valence-electron chi connectivity index (χ2n) is 4.58. The minimum atomic E-state index is 0.0850. The molecule has 20 heavy (non-hydrogen) atoms. The van der Waals surface area contributed by atoms with E-state index < -0.39 is 0 Å². The van der Waals surface area contributed by atoms with Gasteiger partial charge in [-0.25, -0.2) is 0 Å². The summed E-state index contributed by atoms with van der Waals surface area (Å²) >= 11 is 6.09. The third-order valence-electron chi connectivity index (χ3n) is 3.28. The number of nitrogens with one attached hydrogen (secondary N) is 1. The molecular formula is C16H18ClNO2. The Hall–Kier alpha value is -1.71. The van der Waals surface area contributed by atoms with E-state index in [1.54, 1.807) is 25.3 Å². The number of hydrogen-bond acceptors (Lipinski definition) is 3. The first kappa shape index (κ1) is 14.7. The average Bonchev–Trinajstić information content (AvgIpc) is 2.46. The molecule has 0 spiro atoms. The minimum Gasteiger partial charge on any atom is -0.508 e. The lowest BCUT2D eigenvalue weighted by Crippen LogP contribution is -2.19. The van der Waals surface area contributed by atoms with Crippen LogP contribution in [0.25, 0.3) is 0 Å². The third kappa shape index (κ3) is 3.24. The number of rotatable bonds is 5. The van der Waals surface area contributed by atoms with Gasteiger partial charge < -0.3 is 15.2 Å². The molecule has 2 aromatic carbocycles. The molecule has 0 fully saturated rings. The molecule has 0 aliphatic carbocycles. The van der Waals surface area contributed by atoms with Gasteiger partial charge in [0.1, 0.15) is 11.5 Å². The highest BCUT2D eigenvalue weighted by molar-refractivity contribution is 6.31. The molecule has 3 nitrogen and oxygen atoms in total. The molecule has 0 saturated heterocycles. The van der Waals surface area contributed by atoms with Gasteiger partial charge in [0.2, 0.25) is 0 Å². The molecule has 0 aromatic heterocycles. The Balaban J connectivity index is 2.11. The fourth-order valence-electron chi connectivity index (χ4n) is 2.11. The number of aromatic hydroxyl groups is 1. The highest BCUT2D eigenvalue weighted by atomic mass is 35.5. The summed E-state index contributed by atoms with van der Waals surface area (Å²) in [6, 6.07) is 13.1. The van der Waals surface area contributed by atoms with Crippen molar-refractivity contribution in [3.8, 4) is 11.5 Å². The van der Waals surface area contributed by atoms with Crippen molar-refractivity contribution in [1.82, 2.24) is 5.32 Å². The molecule has 0 aliphatic rings. The van der Waals surface area contributed by atoms with Gasteiger partial charge in [0.15, 0.2) is 0 Å². The van der Waals surface area contributed by atoms with Gasteiger partial charge >= 0.3 is 0 Å². The lowest BCUT2D eigenvalue weighted by atomic mass is 10.1. The zero-order valence-electron chi connectivity index (χ0n) is 11.6. The van der Waals surface area contributed by atoms with Crippen molar-refractivity contribution in [3.63, 3.8) is 0 Å². The van der Waals surface area contributed by atoms with Gasteiger partial charge in [-0.15, -0.1) is 0 Å². The van der Waals surface area contributed by atoms with Crippen molar-refractivity contribution < 1.29 is 9.84 Å². The number of phenols is 1. The fourth-order valence-corrected chi connectivity index (χ4v) is 2.35. The van der Waals surface area contributed by atoms with Crippen LogP contribution in [0.15, 0.2) is 42.5 Å². The SMILES string of the molecule is COc1ccccc1C(C)NCc1c(O)cccc1Cl. The van der Waals surface area contributed by atoms with Crippen LogP contribution in [0.4, 0.5) is 0 Å². The van der Waals surface area contributed by atoms with Crippen molar-refractivity contribution >= 4 is 11.6 Å². The van der Waals surface area contributed by atoms with Crippen LogP contribution in [0.2, 0.25) is 5.02 Å². The van der Waals surface area contributed by atoms with Crippen LogP contribution >= 0.6 is 11.6 Å². The van der Waals surface area contributed by atoms with Gasteiger partial charge in [-0.05, 0) is 25.1 Å². The molecule has 1 unspecified atom stereocenters. The van der Waals surface area contributed by atoms with Crippen LogP contribution in [-0.4, -0.2) is 12.2 Å². The van der Waals surface area contributed by atoms with Crippen LogP contribution in [0, 0.1) is 0 Å². The lowest BCUT2D eigenvalue weighted by Gasteiger charge is -2.18. The predicted octanol–water partition coefficient (Wildman–Crippen LogP) is 3.91. The lowest BCUT2D eigenvalue weighted by molar-refractivity contribution is 0.401. The standard InChI is InChI=1S/C16H18ClNO2/c1-11(12-6-3-4-9-16(12)20-2)18-10-13-14(17)7-5-8-15(13)19/h3-9,11,18-19H,10H2,1-2H3. The van der Waals surface area contributed by atoms with Crippen molar-refractivity contribution in [3.05, 3.63) is 58.6 Å². The normalized spacial score (nSPS) is 12.2. The largest absolute Gasteiger partial charge is 0.508 e. The van der Waals surface area contributed by atoms with E-state index in [9.17, 15) is 5.11 Å². The Kier molecular flexibility index (Phi) is 4.88. The van der Waals surface area contributed by atoms with Gasteiger partial charge in [-0.3, -0.25) is 0 Å². The zero-order chi connectivity index (χ0) is 14.5. The summed E-state index contributed by atoms with van der Waals surface area (Å²) in [6.45, 7) is 2.54. The van der Waals surface area contributed by atoms with E-state index in [-0.39, 0.29) is 11.8 Å². The summed E-state index contributed by atoms with van der Waals surface area (Å²) < 4.78 is 5.35. The average molecular weight is 292 g/mol. The maximum atomic E-state index is 9.83. The zero-order valence-corrected chi connectivity index (χ0v) is 12.3. The first-order valence-corrected chi connectivity index (χ1v) is 6.84. The number of ether oxygens (including phenoxy) is 1. The number of methoxy groups -OCH3 is 1. The van der Waals surface area contributed by atoms with Crippen LogP contribution < -0.4 is 10.1 Å². The molecule has 4 heteroatoms.